The molecule has 0 aliphatic rings. The number of allylic oxidation sites excluding steroid dienone is 2. The van der Waals surface area contributed by atoms with Crippen molar-refractivity contribution in [3.8, 4) is 0 Å². The van der Waals surface area contributed by atoms with Crippen LogP contribution in [0.25, 0.3) is 0 Å². The number of hydrogen-bond acceptors (Lipinski definition) is 5. The van der Waals surface area contributed by atoms with Gasteiger partial charge in [0.2, 0.25) is 11.8 Å². The van der Waals surface area contributed by atoms with Crippen LogP contribution in [0.2, 0.25) is 0 Å². The number of hydrogen-bond donors (Lipinski definition) is 3. The van der Waals surface area contributed by atoms with Gasteiger partial charge in [-0.2, -0.15) is 0 Å². The Labute approximate surface area is 213 Å². The molecule has 3 N–H and O–H groups in total. The molecule has 0 radical (unpaired) electrons. The fourth-order valence-electron chi connectivity index (χ4n) is 3.72. The van der Waals surface area contributed by atoms with Crippen LogP contribution >= 0.6 is 0 Å². The smallest absolute Gasteiger partial charge is 0.306 e. The number of carbonyl (C=O) groups is 3. The highest BCUT2D eigenvalue weighted by Gasteiger charge is 2.25. The van der Waals surface area contributed by atoms with E-state index in [1.807, 2.05) is 60.7 Å². The molecule has 3 atom stereocenters. The van der Waals surface area contributed by atoms with Crippen LogP contribution in [0.15, 0.2) is 86.0 Å². The van der Waals surface area contributed by atoms with E-state index in [9.17, 15) is 19.5 Å². The number of ether oxygens (including phenoxy) is 1. The molecule has 0 saturated heterocycles. The van der Waals surface area contributed by atoms with Crippen LogP contribution in [0.4, 0.5) is 0 Å². The molecule has 0 fully saturated rings. The predicted octanol–water partition coefficient (Wildman–Crippen LogP) is 3.66. The molecule has 0 aromatic heterocycles. The monoisotopic (exact) mass is 492 g/mol. The first kappa shape index (κ1) is 28.5. The highest BCUT2D eigenvalue weighted by Crippen LogP contribution is 2.17. The van der Waals surface area contributed by atoms with E-state index in [0.29, 0.717) is 19.3 Å². The normalized spacial score (nSPS) is 13.0. The van der Waals surface area contributed by atoms with Gasteiger partial charge < -0.3 is 20.5 Å². The van der Waals surface area contributed by atoms with Crippen molar-refractivity contribution in [2.75, 3.05) is 13.2 Å². The molecule has 0 aliphatic carbocycles. The highest BCUT2D eigenvalue weighted by atomic mass is 16.5. The van der Waals surface area contributed by atoms with Gasteiger partial charge in [0.1, 0.15) is 6.61 Å². The van der Waals surface area contributed by atoms with Gasteiger partial charge in [-0.1, -0.05) is 72.8 Å². The molecule has 7 heteroatoms. The molecular formula is C29H36N2O5. The lowest BCUT2D eigenvalue weighted by Crippen LogP contribution is -2.42. The molecule has 0 saturated carbocycles. The maximum atomic E-state index is 13.2. The van der Waals surface area contributed by atoms with E-state index < -0.39 is 18.0 Å². The summed E-state index contributed by atoms with van der Waals surface area (Å²) in [5.41, 5.74) is 1.78. The van der Waals surface area contributed by atoms with E-state index >= 15 is 0 Å². The molecule has 36 heavy (non-hydrogen) atoms. The molecule has 2 rings (SSSR count). The molecule has 0 aliphatic heterocycles. The maximum Gasteiger partial charge on any atom is 0.306 e. The molecule has 0 bridgehead atoms. The lowest BCUT2D eigenvalue weighted by Gasteiger charge is -2.23. The fourth-order valence-corrected chi connectivity index (χ4v) is 3.72. The highest BCUT2D eigenvalue weighted by molar-refractivity contribution is 5.86. The molecular weight excluding hydrogens is 456 g/mol. The Hall–Kier alpha value is -3.71. The lowest BCUT2D eigenvalue weighted by atomic mass is 9.98. The number of aliphatic hydroxyl groups is 1. The zero-order chi connectivity index (χ0) is 26.2. The summed E-state index contributed by atoms with van der Waals surface area (Å²) in [5, 5.41) is 15.5. The van der Waals surface area contributed by atoms with Crippen molar-refractivity contribution in [2.24, 2.45) is 5.92 Å². The second-order valence-electron chi connectivity index (χ2n) is 8.54. The predicted molar refractivity (Wildman–Crippen MR) is 140 cm³/mol. The second kappa shape index (κ2) is 16.1. The van der Waals surface area contributed by atoms with E-state index in [4.69, 9.17) is 4.74 Å². The number of esters is 1. The molecule has 192 valence electrons. The van der Waals surface area contributed by atoms with Gasteiger partial charge >= 0.3 is 5.97 Å². The van der Waals surface area contributed by atoms with Crippen LogP contribution in [-0.2, 0) is 25.5 Å². The number of benzene rings is 2. The maximum absolute atomic E-state index is 13.2. The van der Waals surface area contributed by atoms with Crippen LogP contribution in [0.3, 0.4) is 0 Å². The standard InChI is InChI=1S/C29H36N2O5/c1-3-5-17-28(34)36-21-26(23-15-10-7-11-16-23)31-29(35)24(12-4-2)19-27(33)30-25(20-32)18-22-13-8-6-9-14-22/h3-4,6-11,13-16,24-26,32H,1-2,5,12,17-21H2,(H,30,33)(H,31,35)/t24-,25-,26+/m1/s1. The Morgan fingerprint density at radius 2 is 1.61 bits per heavy atom. The number of nitrogens with one attached hydrogen (secondary N) is 2. The Morgan fingerprint density at radius 1 is 0.944 bits per heavy atom. The third kappa shape index (κ3) is 10.3. The van der Waals surface area contributed by atoms with Gasteiger partial charge in [-0.25, -0.2) is 0 Å². The molecule has 2 aromatic rings. The number of amides is 2. The summed E-state index contributed by atoms with van der Waals surface area (Å²) in [4.78, 5) is 37.9. The SMILES string of the molecule is C=CCCC(=O)OC[C@H](NC(=O)[C@H](CC=C)CC(=O)N[C@@H](CO)Cc1ccccc1)c1ccccc1. The Bertz CT molecular complexity index is 978. The summed E-state index contributed by atoms with van der Waals surface area (Å²) in [6.45, 7) is 7.08. The third-order valence-corrected chi connectivity index (χ3v) is 5.65. The Morgan fingerprint density at radius 3 is 2.22 bits per heavy atom. The molecule has 0 spiro atoms. The van der Waals surface area contributed by atoms with Gasteiger partial charge in [-0.05, 0) is 30.4 Å². The van der Waals surface area contributed by atoms with Crippen molar-refractivity contribution in [3.05, 3.63) is 97.1 Å². The van der Waals surface area contributed by atoms with E-state index in [1.165, 1.54) is 0 Å². The summed E-state index contributed by atoms with van der Waals surface area (Å²) in [6.07, 6.45) is 4.67. The van der Waals surface area contributed by atoms with Crippen molar-refractivity contribution in [1.82, 2.24) is 10.6 Å². The average Bonchev–Trinajstić information content (AvgIpc) is 2.90. The van der Waals surface area contributed by atoms with Crippen LogP contribution in [0, 0.1) is 5.92 Å². The molecule has 2 aromatic carbocycles. The summed E-state index contributed by atoms with van der Waals surface area (Å²) in [6, 6.07) is 17.7. The van der Waals surface area contributed by atoms with Gasteiger partial charge in [-0.15, -0.1) is 13.2 Å². The zero-order valence-electron chi connectivity index (χ0n) is 20.6. The van der Waals surface area contributed by atoms with E-state index in [0.717, 1.165) is 11.1 Å². The minimum absolute atomic E-state index is 0.0254. The van der Waals surface area contributed by atoms with Gasteiger partial charge in [0.05, 0.1) is 24.6 Å². The van der Waals surface area contributed by atoms with E-state index in [1.54, 1.807) is 12.2 Å². The molecule has 7 nitrogen and oxygen atoms in total. The van der Waals surface area contributed by atoms with Gasteiger partial charge in [0.15, 0.2) is 0 Å². The fraction of sp³-hybridized carbons (Fsp3) is 0.345. The topological polar surface area (TPSA) is 105 Å². The first-order valence-corrected chi connectivity index (χ1v) is 12.1. The van der Waals surface area contributed by atoms with Crippen molar-refractivity contribution in [1.29, 1.82) is 0 Å². The van der Waals surface area contributed by atoms with E-state index in [-0.39, 0.29) is 43.8 Å². The van der Waals surface area contributed by atoms with Crippen LogP contribution < -0.4 is 10.6 Å². The van der Waals surface area contributed by atoms with E-state index in [2.05, 4.69) is 23.8 Å². The lowest BCUT2D eigenvalue weighted by molar-refractivity contribution is -0.145. The minimum atomic E-state index is -0.666. The molecule has 2 amide bonds. The van der Waals surface area contributed by atoms with Gasteiger partial charge in [0, 0.05) is 12.8 Å². The number of carbonyl (C=O) groups excluding carboxylic acids is 3. The molecule has 0 heterocycles. The summed E-state index contributed by atoms with van der Waals surface area (Å²) < 4.78 is 5.38. The van der Waals surface area contributed by atoms with Crippen molar-refractivity contribution in [3.63, 3.8) is 0 Å². The van der Waals surface area contributed by atoms with Crippen molar-refractivity contribution >= 4 is 17.8 Å². The van der Waals surface area contributed by atoms with Crippen LogP contribution in [0.5, 0.6) is 0 Å². The minimum Gasteiger partial charge on any atom is -0.463 e. The van der Waals surface area contributed by atoms with Crippen molar-refractivity contribution in [2.45, 2.75) is 44.2 Å². The van der Waals surface area contributed by atoms with Crippen molar-refractivity contribution < 1.29 is 24.2 Å². The third-order valence-electron chi connectivity index (χ3n) is 5.65. The zero-order valence-corrected chi connectivity index (χ0v) is 20.6. The Kier molecular flexibility index (Phi) is 12.7. The Balaban J connectivity index is 2.02. The summed E-state index contributed by atoms with van der Waals surface area (Å²) in [5.74, 6) is -1.72. The summed E-state index contributed by atoms with van der Waals surface area (Å²) >= 11 is 0. The molecule has 0 unspecified atom stereocenters. The average molecular weight is 493 g/mol. The largest absolute Gasteiger partial charge is 0.463 e. The van der Waals surface area contributed by atoms with Gasteiger partial charge in [-0.3, -0.25) is 14.4 Å². The van der Waals surface area contributed by atoms with Crippen LogP contribution in [0.1, 0.15) is 42.9 Å². The number of aliphatic hydroxyl groups excluding tert-OH is 1. The quantitative estimate of drug-likeness (QED) is 0.245. The van der Waals surface area contributed by atoms with Crippen LogP contribution in [-0.4, -0.2) is 42.1 Å². The first-order chi connectivity index (χ1) is 17.5. The summed E-state index contributed by atoms with van der Waals surface area (Å²) in [7, 11) is 0. The van der Waals surface area contributed by atoms with Gasteiger partial charge in [0.25, 0.3) is 0 Å². The number of rotatable bonds is 16. The second-order valence-corrected chi connectivity index (χ2v) is 8.54. The first-order valence-electron chi connectivity index (χ1n) is 12.1.